The number of carboxylic acid groups (broad SMARTS) is 1. The molecule has 0 radical (unpaired) electrons. The molecule has 37 heavy (non-hydrogen) atoms. The van der Waals surface area contributed by atoms with E-state index in [1.165, 1.54) is 75.0 Å². The van der Waals surface area contributed by atoms with Crippen molar-refractivity contribution in [2.75, 3.05) is 0 Å². The van der Waals surface area contributed by atoms with Crippen LogP contribution in [0.1, 0.15) is 113 Å². The highest BCUT2D eigenvalue weighted by Gasteiger charge is 2.68. The third kappa shape index (κ3) is 3.66. The van der Waals surface area contributed by atoms with Crippen molar-refractivity contribution in [2.45, 2.75) is 113 Å². The van der Waals surface area contributed by atoms with E-state index in [0.717, 1.165) is 24.2 Å². The molecule has 1 N–H and O–H groups in total. The van der Waals surface area contributed by atoms with Gasteiger partial charge in [-0.05, 0) is 133 Å². The fourth-order valence-electron chi connectivity index (χ4n) is 11.7. The highest BCUT2D eigenvalue weighted by atomic mass is 16.4. The number of hydrogen-bond acceptors (Lipinski definition) is 1. The summed E-state index contributed by atoms with van der Waals surface area (Å²) in [4.78, 5) is 11.5. The SMILES string of the molecule is C=C/C(=C\C=C(/C)C1=CCC2(C)C(CCC3(C)C2CCC2C4CCCC4(C)CC[C@]23C)C1(C)C)C(=O)O. The van der Waals surface area contributed by atoms with Crippen LogP contribution in [0.2, 0.25) is 0 Å². The van der Waals surface area contributed by atoms with Gasteiger partial charge in [0.05, 0.1) is 5.57 Å². The predicted molar refractivity (Wildman–Crippen MR) is 154 cm³/mol. The van der Waals surface area contributed by atoms with Gasteiger partial charge in [-0.25, -0.2) is 4.79 Å². The van der Waals surface area contributed by atoms with Crippen LogP contribution in [0, 0.1) is 50.7 Å². The smallest absolute Gasteiger partial charge is 0.335 e. The van der Waals surface area contributed by atoms with Crippen LogP contribution in [0.4, 0.5) is 0 Å². The molecule has 0 saturated heterocycles. The lowest BCUT2D eigenvalue weighted by molar-refractivity contribution is -0.222. The zero-order valence-electron chi connectivity index (χ0n) is 24.8. The Morgan fingerprint density at radius 3 is 2.30 bits per heavy atom. The van der Waals surface area contributed by atoms with Crippen molar-refractivity contribution < 1.29 is 9.90 Å². The molecule has 4 saturated carbocycles. The van der Waals surface area contributed by atoms with E-state index in [1.807, 2.05) is 6.08 Å². The van der Waals surface area contributed by atoms with Crippen molar-refractivity contribution in [3.63, 3.8) is 0 Å². The van der Waals surface area contributed by atoms with Crippen molar-refractivity contribution in [1.82, 2.24) is 0 Å². The number of aliphatic carboxylic acids is 1. The molecule has 0 bridgehead atoms. The first-order chi connectivity index (χ1) is 17.2. The first kappa shape index (κ1) is 27.0. The van der Waals surface area contributed by atoms with Crippen LogP contribution < -0.4 is 0 Å². The molecule has 0 amide bonds. The van der Waals surface area contributed by atoms with Gasteiger partial charge in [-0.1, -0.05) is 72.8 Å². The Morgan fingerprint density at radius 1 is 0.892 bits per heavy atom. The fourth-order valence-corrected chi connectivity index (χ4v) is 11.7. The highest BCUT2D eigenvalue weighted by Crippen LogP contribution is 2.76. The van der Waals surface area contributed by atoms with Crippen molar-refractivity contribution in [3.8, 4) is 0 Å². The normalized spacial score (nSPS) is 47.2. The van der Waals surface area contributed by atoms with Gasteiger partial charge in [0.25, 0.3) is 0 Å². The lowest BCUT2D eigenvalue weighted by Crippen LogP contribution is -2.64. The maximum Gasteiger partial charge on any atom is 0.335 e. The lowest BCUT2D eigenvalue weighted by Gasteiger charge is -2.72. The average molecular weight is 505 g/mol. The minimum atomic E-state index is -0.917. The summed E-state index contributed by atoms with van der Waals surface area (Å²) in [5, 5.41) is 9.41. The highest BCUT2D eigenvalue weighted by molar-refractivity contribution is 5.90. The van der Waals surface area contributed by atoms with E-state index in [4.69, 9.17) is 0 Å². The zero-order valence-corrected chi connectivity index (χ0v) is 24.8. The summed E-state index contributed by atoms with van der Waals surface area (Å²) in [6.07, 6.45) is 21.7. The quantitative estimate of drug-likeness (QED) is 0.306. The first-order valence-electron chi connectivity index (χ1n) is 15.2. The van der Waals surface area contributed by atoms with E-state index in [1.54, 1.807) is 6.08 Å². The summed E-state index contributed by atoms with van der Waals surface area (Å²) in [6.45, 7) is 21.5. The van der Waals surface area contributed by atoms with Crippen LogP contribution >= 0.6 is 0 Å². The molecule has 0 heterocycles. The maximum absolute atomic E-state index is 11.5. The van der Waals surface area contributed by atoms with Crippen LogP contribution in [0.5, 0.6) is 0 Å². The standard InChI is InChI=1S/C35H52O2/c1-9-24(30(36)37)13-12-23(2)25-16-19-33(6)28(31(25,3)4)17-20-35(8)29(33)15-14-27-26-11-10-18-32(26,5)21-22-34(27,35)7/h9,12-13,16,26-29H,1,10-11,14-15,17-22H2,2-8H3,(H,36,37)/b23-12+,24-13+/t26?,27?,28?,29?,32?,33?,34-,35?/m1/s1. The topological polar surface area (TPSA) is 37.3 Å². The molecular weight excluding hydrogens is 452 g/mol. The second-order valence-electron chi connectivity index (χ2n) is 15.3. The first-order valence-corrected chi connectivity index (χ1v) is 15.2. The van der Waals surface area contributed by atoms with Gasteiger partial charge in [0.1, 0.15) is 0 Å². The van der Waals surface area contributed by atoms with E-state index in [2.05, 4.69) is 61.1 Å². The molecule has 4 fully saturated rings. The van der Waals surface area contributed by atoms with Crippen molar-refractivity contribution in [2.24, 2.45) is 50.7 Å². The van der Waals surface area contributed by atoms with Crippen LogP contribution in [0.25, 0.3) is 0 Å². The van der Waals surface area contributed by atoms with Crippen molar-refractivity contribution in [3.05, 3.63) is 47.6 Å². The Labute approximate surface area is 226 Å². The molecule has 2 heteroatoms. The van der Waals surface area contributed by atoms with Crippen molar-refractivity contribution >= 4 is 5.97 Å². The molecule has 2 nitrogen and oxygen atoms in total. The Kier molecular flexibility index (Phi) is 6.37. The molecule has 0 aromatic rings. The molecule has 5 rings (SSSR count). The number of rotatable bonds is 4. The molecule has 0 spiro atoms. The fraction of sp³-hybridized carbons (Fsp3) is 0.743. The summed E-state index contributed by atoms with van der Waals surface area (Å²) in [7, 11) is 0. The van der Waals surface area contributed by atoms with Gasteiger partial charge in [0.2, 0.25) is 0 Å². The Bertz CT molecular complexity index is 1070. The van der Waals surface area contributed by atoms with Gasteiger partial charge < -0.3 is 5.11 Å². The third-order valence-electron chi connectivity index (χ3n) is 13.8. The second-order valence-corrected chi connectivity index (χ2v) is 15.3. The van der Waals surface area contributed by atoms with E-state index in [9.17, 15) is 9.90 Å². The number of fused-ring (bicyclic) bond motifs is 7. The molecular formula is C35H52O2. The van der Waals surface area contributed by atoms with Crippen molar-refractivity contribution in [1.29, 1.82) is 0 Å². The molecule has 0 aromatic heterocycles. The number of carboxylic acids is 1. The van der Waals surface area contributed by atoms with E-state index >= 15 is 0 Å². The second kappa shape index (κ2) is 8.72. The zero-order chi connectivity index (χ0) is 27.0. The number of allylic oxidation sites excluding steroid dienone is 5. The molecule has 7 unspecified atom stereocenters. The number of hydrogen-bond donors (Lipinski definition) is 1. The Hall–Kier alpha value is -1.57. The average Bonchev–Trinajstić information content (AvgIpc) is 3.21. The Balaban J connectivity index is 1.48. The summed E-state index contributed by atoms with van der Waals surface area (Å²) in [5.74, 6) is 2.40. The van der Waals surface area contributed by atoms with E-state index in [0.29, 0.717) is 27.6 Å². The minimum Gasteiger partial charge on any atom is -0.478 e. The number of carbonyl (C=O) groups is 1. The van der Waals surface area contributed by atoms with Gasteiger partial charge in [-0.3, -0.25) is 0 Å². The molecule has 8 atom stereocenters. The van der Waals surface area contributed by atoms with E-state index < -0.39 is 5.97 Å². The van der Waals surface area contributed by atoms with Gasteiger partial charge in [-0.2, -0.15) is 0 Å². The summed E-state index contributed by atoms with van der Waals surface area (Å²) >= 11 is 0. The van der Waals surface area contributed by atoms with Crippen LogP contribution in [-0.2, 0) is 4.79 Å². The van der Waals surface area contributed by atoms with Gasteiger partial charge in [-0.15, -0.1) is 0 Å². The predicted octanol–water partition coefficient (Wildman–Crippen LogP) is 9.54. The summed E-state index contributed by atoms with van der Waals surface area (Å²) < 4.78 is 0. The van der Waals surface area contributed by atoms with Crippen LogP contribution in [0.3, 0.4) is 0 Å². The summed E-state index contributed by atoms with van der Waals surface area (Å²) in [6, 6.07) is 0. The minimum absolute atomic E-state index is 0.0780. The third-order valence-corrected chi connectivity index (χ3v) is 13.8. The molecule has 0 aliphatic heterocycles. The molecule has 5 aliphatic carbocycles. The van der Waals surface area contributed by atoms with Gasteiger partial charge >= 0.3 is 5.97 Å². The van der Waals surface area contributed by atoms with Gasteiger partial charge in [0.15, 0.2) is 0 Å². The lowest BCUT2D eigenvalue weighted by atomic mass is 9.33. The van der Waals surface area contributed by atoms with Gasteiger partial charge in [0, 0.05) is 0 Å². The molecule has 5 aliphatic rings. The van der Waals surface area contributed by atoms with Crippen LogP contribution in [-0.4, -0.2) is 11.1 Å². The van der Waals surface area contributed by atoms with Crippen LogP contribution in [0.15, 0.2) is 47.6 Å². The maximum atomic E-state index is 11.5. The largest absolute Gasteiger partial charge is 0.478 e. The summed E-state index contributed by atoms with van der Waals surface area (Å²) in [5.41, 5.74) is 4.80. The molecule has 204 valence electrons. The Morgan fingerprint density at radius 2 is 1.62 bits per heavy atom. The van der Waals surface area contributed by atoms with E-state index in [-0.39, 0.29) is 11.0 Å². The monoisotopic (exact) mass is 504 g/mol. The molecule has 0 aromatic carbocycles.